The Balaban J connectivity index is 2.62. The van der Waals surface area contributed by atoms with Crippen LogP contribution in [0.25, 0.3) is 0 Å². The van der Waals surface area contributed by atoms with E-state index in [-0.39, 0.29) is 6.10 Å². The molecule has 1 unspecified atom stereocenters. The van der Waals surface area contributed by atoms with E-state index in [1.807, 2.05) is 19.1 Å². The van der Waals surface area contributed by atoms with Crippen LogP contribution in [0.4, 0.5) is 4.79 Å². The molecule has 0 bridgehead atoms. The minimum absolute atomic E-state index is 0.0333. The SMILES string of the molecule is CC(C)COC(C)Cc1ccccc1OC(=O)O. The van der Waals surface area contributed by atoms with Gasteiger partial charge >= 0.3 is 6.16 Å². The van der Waals surface area contributed by atoms with Crippen molar-refractivity contribution in [2.45, 2.75) is 33.3 Å². The second-order valence-corrected chi connectivity index (χ2v) is 4.72. The monoisotopic (exact) mass is 252 g/mol. The van der Waals surface area contributed by atoms with E-state index in [0.29, 0.717) is 24.7 Å². The van der Waals surface area contributed by atoms with Crippen molar-refractivity contribution in [3.63, 3.8) is 0 Å². The maximum absolute atomic E-state index is 10.6. The quantitative estimate of drug-likeness (QED) is 0.623. The first-order chi connectivity index (χ1) is 8.49. The van der Waals surface area contributed by atoms with Crippen LogP contribution in [0.15, 0.2) is 24.3 Å². The Morgan fingerprint density at radius 1 is 1.28 bits per heavy atom. The molecule has 0 aliphatic rings. The van der Waals surface area contributed by atoms with Crippen LogP contribution < -0.4 is 4.74 Å². The van der Waals surface area contributed by atoms with Crippen molar-refractivity contribution < 1.29 is 19.4 Å². The molecule has 0 amide bonds. The van der Waals surface area contributed by atoms with Crippen LogP contribution in [0.3, 0.4) is 0 Å². The van der Waals surface area contributed by atoms with Gasteiger partial charge in [-0.05, 0) is 24.5 Å². The van der Waals surface area contributed by atoms with Crippen molar-refractivity contribution in [1.82, 2.24) is 0 Å². The third-order valence-electron chi connectivity index (χ3n) is 2.39. The summed E-state index contributed by atoms with van der Waals surface area (Å²) in [6, 6.07) is 7.12. The fourth-order valence-corrected chi connectivity index (χ4v) is 1.59. The molecule has 1 rings (SSSR count). The maximum atomic E-state index is 10.6. The number of carboxylic acid groups (broad SMARTS) is 1. The Hall–Kier alpha value is -1.55. The fraction of sp³-hybridized carbons (Fsp3) is 0.500. The molecule has 0 saturated heterocycles. The Morgan fingerprint density at radius 3 is 2.56 bits per heavy atom. The number of hydrogen-bond acceptors (Lipinski definition) is 3. The largest absolute Gasteiger partial charge is 0.511 e. The highest BCUT2D eigenvalue weighted by Gasteiger charge is 2.11. The average molecular weight is 252 g/mol. The first-order valence-corrected chi connectivity index (χ1v) is 6.09. The Bertz CT molecular complexity index is 387. The molecular formula is C14H20O4. The lowest BCUT2D eigenvalue weighted by atomic mass is 10.1. The van der Waals surface area contributed by atoms with Gasteiger partial charge in [-0.2, -0.15) is 0 Å². The van der Waals surface area contributed by atoms with Crippen molar-refractivity contribution in [1.29, 1.82) is 0 Å². The highest BCUT2D eigenvalue weighted by atomic mass is 16.7. The van der Waals surface area contributed by atoms with Crippen LogP contribution in [0.1, 0.15) is 26.3 Å². The molecule has 0 spiro atoms. The lowest BCUT2D eigenvalue weighted by Crippen LogP contribution is -2.16. The van der Waals surface area contributed by atoms with E-state index in [9.17, 15) is 4.79 Å². The summed E-state index contributed by atoms with van der Waals surface area (Å²) in [7, 11) is 0. The molecule has 18 heavy (non-hydrogen) atoms. The normalized spacial score (nSPS) is 12.4. The molecule has 1 aromatic rings. The molecule has 100 valence electrons. The van der Waals surface area contributed by atoms with Crippen LogP contribution in [-0.4, -0.2) is 24.0 Å². The van der Waals surface area contributed by atoms with Gasteiger partial charge in [0.1, 0.15) is 5.75 Å². The summed E-state index contributed by atoms with van der Waals surface area (Å²) in [5.41, 5.74) is 0.844. The first kappa shape index (κ1) is 14.5. The van der Waals surface area contributed by atoms with Gasteiger partial charge in [0.25, 0.3) is 0 Å². The molecule has 1 N–H and O–H groups in total. The van der Waals surface area contributed by atoms with Crippen LogP contribution in [-0.2, 0) is 11.2 Å². The van der Waals surface area contributed by atoms with Gasteiger partial charge in [-0.1, -0.05) is 32.0 Å². The summed E-state index contributed by atoms with van der Waals surface area (Å²) >= 11 is 0. The Labute approximate surface area is 108 Å². The smallest absolute Gasteiger partial charge is 0.449 e. The molecule has 0 heterocycles. The van der Waals surface area contributed by atoms with E-state index < -0.39 is 6.16 Å². The number of carbonyl (C=O) groups is 1. The van der Waals surface area contributed by atoms with E-state index in [4.69, 9.17) is 14.6 Å². The molecular weight excluding hydrogens is 232 g/mol. The maximum Gasteiger partial charge on any atom is 0.511 e. The van der Waals surface area contributed by atoms with Gasteiger partial charge in [-0.3, -0.25) is 0 Å². The predicted octanol–water partition coefficient (Wildman–Crippen LogP) is 3.35. The number of benzene rings is 1. The molecule has 0 radical (unpaired) electrons. The van der Waals surface area contributed by atoms with E-state index >= 15 is 0 Å². The minimum atomic E-state index is -1.29. The number of rotatable bonds is 6. The van der Waals surface area contributed by atoms with Gasteiger partial charge in [0.05, 0.1) is 6.10 Å². The standard InChI is InChI=1S/C14H20O4/c1-10(2)9-17-11(3)8-12-6-4-5-7-13(12)18-14(15)16/h4-7,10-11H,8-9H2,1-3H3,(H,15,16). The molecule has 0 saturated carbocycles. The molecule has 4 nitrogen and oxygen atoms in total. The van der Waals surface area contributed by atoms with Crippen LogP contribution in [0.5, 0.6) is 5.75 Å². The predicted molar refractivity (Wildman–Crippen MR) is 69.1 cm³/mol. The second-order valence-electron chi connectivity index (χ2n) is 4.72. The molecule has 0 fully saturated rings. The third-order valence-corrected chi connectivity index (χ3v) is 2.39. The zero-order valence-electron chi connectivity index (χ0n) is 11.1. The van der Waals surface area contributed by atoms with Crippen molar-refractivity contribution in [3.8, 4) is 5.75 Å². The minimum Gasteiger partial charge on any atom is -0.449 e. The average Bonchev–Trinajstić information content (AvgIpc) is 2.28. The summed E-state index contributed by atoms with van der Waals surface area (Å²) in [6.45, 7) is 6.85. The van der Waals surface area contributed by atoms with Crippen molar-refractivity contribution in [3.05, 3.63) is 29.8 Å². The van der Waals surface area contributed by atoms with E-state index in [0.717, 1.165) is 5.56 Å². The summed E-state index contributed by atoms with van der Waals surface area (Å²) in [6.07, 6.45) is -0.625. The van der Waals surface area contributed by atoms with Gasteiger partial charge in [-0.15, -0.1) is 0 Å². The van der Waals surface area contributed by atoms with Crippen molar-refractivity contribution in [2.24, 2.45) is 5.92 Å². The van der Waals surface area contributed by atoms with E-state index in [2.05, 4.69) is 13.8 Å². The fourth-order valence-electron chi connectivity index (χ4n) is 1.59. The zero-order valence-corrected chi connectivity index (χ0v) is 11.1. The topological polar surface area (TPSA) is 55.8 Å². The molecule has 0 aliphatic carbocycles. The third kappa shape index (κ3) is 5.19. The molecule has 4 heteroatoms. The molecule has 1 atom stereocenters. The lowest BCUT2D eigenvalue weighted by Gasteiger charge is -2.16. The Kier molecular flexibility index (Phi) is 5.65. The molecule has 1 aromatic carbocycles. The summed E-state index contributed by atoms with van der Waals surface area (Å²) in [5, 5.41) is 8.65. The summed E-state index contributed by atoms with van der Waals surface area (Å²) < 4.78 is 10.4. The van der Waals surface area contributed by atoms with Gasteiger partial charge in [0, 0.05) is 13.0 Å². The van der Waals surface area contributed by atoms with E-state index in [1.54, 1.807) is 12.1 Å². The van der Waals surface area contributed by atoms with E-state index in [1.165, 1.54) is 0 Å². The molecule has 0 aromatic heterocycles. The van der Waals surface area contributed by atoms with Crippen LogP contribution in [0.2, 0.25) is 0 Å². The highest BCUT2D eigenvalue weighted by molar-refractivity contribution is 5.62. The van der Waals surface area contributed by atoms with Gasteiger partial charge in [-0.25, -0.2) is 4.79 Å². The van der Waals surface area contributed by atoms with Crippen LogP contribution >= 0.6 is 0 Å². The first-order valence-electron chi connectivity index (χ1n) is 6.09. The lowest BCUT2D eigenvalue weighted by molar-refractivity contribution is 0.0475. The number of para-hydroxylation sites is 1. The molecule has 0 aliphatic heterocycles. The highest BCUT2D eigenvalue weighted by Crippen LogP contribution is 2.20. The second kappa shape index (κ2) is 7.01. The van der Waals surface area contributed by atoms with Crippen molar-refractivity contribution >= 4 is 6.16 Å². The summed E-state index contributed by atoms with van der Waals surface area (Å²) in [5.74, 6) is 0.864. The van der Waals surface area contributed by atoms with Gasteiger partial charge in [0.2, 0.25) is 0 Å². The Morgan fingerprint density at radius 2 is 1.94 bits per heavy atom. The zero-order chi connectivity index (χ0) is 13.5. The number of hydrogen-bond donors (Lipinski definition) is 1. The summed E-state index contributed by atoms with van der Waals surface area (Å²) in [4.78, 5) is 10.6. The van der Waals surface area contributed by atoms with Crippen LogP contribution in [0, 0.1) is 5.92 Å². The number of ether oxygens (including phenoxy) is 2. The van der Waals surface area contributed by atoms with Crippen molar-refractivity contribution in [2.75, 3.05) is 6.61 Å². The van der Waals surface area contributed by atoms with Gasteiger partial charge < -0.3 is 14.6 Å². The van der Waals surface area contributed by atoms with Gasteiger partial charge in [0.15, 0.2) is 0 Å².